The van der Waals surface area contributed by atoms with E-state index >= 15 is 0 Å². The number of anilines is 1. The van der Waals surface area contributed by atoms with Crippen LogP contribution < -0.4 is 10.2 Å². The van der Waals surface area contributed by atoms with Crippen LogP contribution in [0, 0.1) is 0 Å². The molecule has 0 aromatic carbocycles. The summed E-state index contributed by atoms with van der Waals surface area (Å²) in [5, 5.41) is 2.42. The molecule has 0 atom stereocenters. The van der Waals surface area contributed by atoms with Gasteiger partial charge in [-0.1, -0.05) is 6.07 Å². The summed E-state index contributed by atoms with van der Waals surface area (Å²) in [6.07, 6.45) is 1.54. The molecule has 5 nitrogen and oxygen atoms in total. The summed E-state index contributed by atoms with van der Waals surface area (Å²) in [6.45, 7) is 0.0510. The number of urea groups is 1. The molecule has 0 radical (unpaired) electrons. The van der Waals surface area contributed by atoms with E-state index in [9.17, 15) is 9.59 Å². The SMILES string of the molecule is O=C1CNC(=O)N1c1ccccn1. The summed E-state index contributed by atoms with van der Waals surface area (Å²) >= 11 is 0. The largest absolute Gasteiger partial charge is 0.330 e. The Morgan fingerprint density at radius 2 is 2.23 bits per heavy atom. The summed E-state index contributed by atoms with van der Waals surface area (Å²) in [6, 6.07) is 4.65. The molecule has 0 spiro atoms. The van der Waals surface area contributed by atoms with Gasteiger partial charge in [-0.2, -0.15) is 0 Å². The third-order valence-corrected chi connectivity index (χ3v) is 1.72. The highest BCUT2D eigenvalue weighted by Crippen LogP contribution is 2.12. The van der Waals surface area contributed by atoms with E-state index in [1.807, 2.05) is 0 Å². The number of hydrogen-bond acceptors (Lipinski definition) is 3. The Morgan fingerprint density at radius 1 is 1.38 bits per heavy atom. The summed E-state index contributed by atoms with van der Waals surface area (Å²) in [5.74, 6) is 0.0891. The Morgan fingerprint density at radius 3 is 2.77 bits per heavy atom. The standard InChI is InChI=1S/C8H7N3O2/c12-7-5-10-8(13)11(7)6-3-1-2-4-9-6/h1-4H,5H2,(H,10,13). The molecule has 1 aromatic heterocycles. The van der Waals surface area contributed by atoms with E-state index in [0.29, 0.717) is 5.82 Å². The summed E-state index contributed by atoms with van der Waals surface area (Å²) in [7, 11) is 0. The molecule has 0 saturated carbocycles. The van der Waals surface area contributed by atoms with Gasteiger partial charge in [0.15, 0.2) is 0 Å². The highest BCUT2D eigenvalue weighted by atomic mass is 16.2. The highest BCUT2D eigenvalue weighted by Gasteiger charge is 2.30. The number of imide groups is 1. The van der Waals surface area contributed by atoms with E-state index in [4.69, 9.17) is 0 Å². The van der Waals surface area contributed by atoms with Crippen molar-refractivity contribution >= 4 is 17.8 Å². The van der Waals surface area contributed by atoms with Crippen molar-refractivity contribution in [2.75, 3.05) is 11.4 Å². The Labute approximate surface area is 74.4 Å². The molecule has 2 rings (SSSR count). The molecule has 1 aromatic rings. The molecule has 66 valence electrons. The van der Waals surface area contributed by atoms with Crippen LogP contribution in [-0.4, -0.2) is 23.5 Å². The molecule has 2 heterocycles. The zero-order valence-corrected chi connectivity index (χ0v) is 6.73. The first-order valence-corrected chi connectivity index (χ1v) is 3.81. The summed E-state index contributed by atoms with van der Waals surface area (Å²) in [5.41, 5.74) is 0. The lowest BCUT2D eigenvalue weighted by Gasteiger charge is -2.09. The zero-order chi connectivity index (χ0) is 9.26. The number of nitrogens with one attached hydrogen (secondary N) is 1. The van der Waals surface area contributed by atoms with Crippen molar-refractivity contribution in [1.82, 2.24) is 10.3 Å². The predicted molar refractivity (Wildman–Crippen MR) is 45.1 cm³/mol. The smallest absolute Gasteiger partial charge is 0.328 e. The van der Waals surface area contributed by atoms with Crippen molar-refractivity contribution in [3.8, 4) is 0 Å². The van der Waals surface area contributed by atoms with Crippen molar-refractivity contribution in [3.05, 3.63) is 24.4 Å². The fraction of sp³-hybridized carbons (Fsp3) is 0.125. The van der Waals surface area contributed by atoms with Gasteiger partial charge in [-0.3, -0.25) is 4.79 Å². The Hall–Kier alpha value is -1.91. The number of hydrogen-bond donors (Lipinski definition) is 1. The van der Waals surface area contributed by atoms with Gasteiger partial charge >= 0.3 is 6.03 Å². The third kappa shape index (κ3) is 1.24. The molecule has 1 saturated heterocycles. The molecule has 5 heteroatoms. The molecule has 1 aliphatic rings. The fourth-order valence-corrected chi connectivity index (χ4v) is 1.14. The molecule has 1 N–H and O–H groups in total. The molecular weight excluding hydrogens is 170 g/mol. The lowest BCUT2D eigenvalue weighted by Crippen LogP contribution is -2.31. The Bertz CT molecular complexity index is 334. The number of amides is 3. The van der Waals surface area contributed by atoms with Crippen molar-refractivity contribution in [2.45, 2.75) is 0 Å². The molecule has 3 amide bonds. The van der Waals surface area contributed by atoms with E-state index in [1.54, 1.807) is 18.2 Å². The maximum absolute atomic E-state index is 11.2. The lowest BCUT2D eigenvalue weighted by molar-refractivity contribution is -0.115. The first-order chi connectivity index (χ1) is 6.29. The molecule has 13 heavy (non-hydrogen) atoms. The van der Waals surface area contributed by atoms with Gasteiger partial charge in [-0.15, -0.1) is 0 Å². The van der Waals surface area contributed by atoms with E-state index in [2.05, 4.69) is 10.3 Å². The summed E-state index contributed by atoms with van der Waals surface area (Å²) in [4.78, 5) is 27.3. The monoisotopic (exact) mass is 177 g/mol. The molecule has 1 aliphatic heterocycles. The second-order valence-electron chi connectivity index (χ2n) is 2.58. The normalized spacial score (nSPS) is 16.2. The van der Waals surface area contributed by atoms with Gasteiger partial charge in [-0.25, -0.2) is 14.7 Å². The number of nitrogens with zero attached hydrogens (tertiary/aromatic N) is 2. The molecule has 0 bridgehead atoms. The van der Waals surface area contributed by atoms with Crippen LogP contribution in [-0.2, 0) is 4.79 Å². The third-order valence-electron chi connectivity index (χ3n) is 1.72. The van der Waals surface area contributed by atoms with Crippen LogP contribution in [0.25, 0.3) is 0 Å². The van der Waals surface area contributed by atoms with Crippen molar-refractivity contribution < 1.29 is 9.59 Å². The summed E-state index contributed by atoms with van der Waals surface area (Å²) < 4.78 is 0. The second-order valence-corrected chi connectivity index (χ2v) is 2.58. The van der Waals surface area contributed by atoms with E-state index in [1.165, 1.54) is 6.20 Å². The van der Waals surface area contributed by atoms with Crippen molar-refractivity contribution in [2.24, 2.45) is 0 Å². The Balaban J connectivity index is 2.36. The predicted octanol–water partition coefficient (Wildman–Crippen LogP) is 0.138. The first kappa shape index (κ1) is 7.72. The quantitative estimate of drug-likeness (QED) is 0.620. The van der Waals surface area contributed by atoms with Gasteiger partial charge in [0.05, 0.1) is 6.54 Å². The number of carbonyl (C=O) groups is 2. The minimum absolute atomic E-state index is 0.0510. The number of aromatic nitrogens is 1. The lowest BCUT2D eigenvalue weighted by atomic mass is 10.4. The van der Waals surface area contributed by atoms with Gasteiger partial charge in [0, 0.05) is 6.20 Å². The minimum Gasteiger partial charge on any atom is -0.328 e. The zero-order valence-electron chi connectivity index (χ0n) is 6.73. The average molecular weight is 177 g/mol. The first-order valence-electron chi connectivity index (χ1n) is 3.81. The van der Waals surface area contributed by atoms with Gasteiger partial charge in [0.25, 0.3) is 5.91 Å². The number of pyridine rings is 1. The van der Waals surface area contributed by atoms with Crippen LogP contribution in [0.5, 0.6) is 0 Å². The van der Waals surface area contributed by atoms with E-state index in [0.717, 1.165) is 4.90 Å². The number of rotatable bonds is 1. The van der Waals surface area contributed by atoms with E-state index < -0.39 is 6.03 Å². The topological polar surface area (TPSA) is 62.3 Å². The van der Waals surface area contributed by atoms with Crippen LogP contribution >= 0.6 is 0 Å². The number of carbonyl (C=O) groups excluding carboxylic acids is 2. The molecular formula is C8H7N3O2. The van der Waals surface area contributed by atoms with Crippen LogP contribution in [0.15, 0.2) is 24.4 Å². The van der Waals surface area contributed by atoms with Crippen LogP contribution in [0.4, 0.5) is 10.6 Å². The average Bonchev–Trinajstić information content (AvgIpc) is 2.48. The van der Waals surface area contributed by atoms with Gasteiger partial charge in [-0.05, 0) is 12.1 Å². The van der Waals surface area contributed by atoms with Gasteiger partial charge < -0.3 is 5.32 Å². The van der Waals surface area contributed by atoms with Gasteiger partial charge in [0.1, 0.15) is 5.82 Å². The van der Waals surface area contributed by atoms with E-state index in [-0.39, 0.29) is 12.5 Å². The molecule has 0 unspecified atom stereocenters. The van der Waals surface area contributed by atoms with Crippen molar-refractivity contribution in [3.63, 3.8) is 0 Å². The van der Waals surface area contributed by atoms with Crippen LogP contribution in [0.2, 0.25) is 0 Å². The van der Waals surface area contributed by atoms with Crippen molar-refractivity contribution in [1.29, 1.82) is 0 Å². The maximum Gasteiger partial charge on any atom is 0.330 e. The second kappa shape index (κ2) is 2.85. The Kier molecular flexibility index (Phi) is 1.70. The van der Waals surface area contributed by atoms with Gasteiger partial charge in [0.2, 0.25) is 0 Å². The minimum atomic E-state index is -0.413. The fourth-order valence-electron chi connectivity index (χ4n) is 1.14. The van der Waals surface area contributed by atoms with Crippen LogP contribution in [0.3, 0.4) is 0 Å². The highest BCUT2D eigenvalue weighted by molar-refractivity contribution is 6.19. The maximum atomic E-state index is 11.2. The molecule has 1 fully saturated rings. The van der Waals surface area contributed by atoms with Crippen LogP contribution in [0.1, 0.15) is 0 Å². The molecule has 0 aliphatic carbocycles.